The number of hydrogen-bond donors (Lipinski definition) is 2. The molecule has 5 rings (SSSR count). The van der Waals surface area contributed by atoms with Crippen molar-refractivity contribution >= 4 is 26.7 Å². The number of anilines is 1. The Hall–Kier alpha value is -3.51. The minimum absolute atomic E-state index is 0.0286. The summed E-state index contributed by atoms with van der Waals surface area (Å²) in [6, 6.07) is 6.77. The third kappa shape index (κ3) is 3.15. The minimum Gasteiger partial charge on any atom is -0.379 e. The second-order valence-electron chi connectivity index (χ2n) is 6.82. The van der Waals surface area contributed by atoms with E-state index in [1.54, 1.807) is 28.9 Å². The van der Waals surface area contributed by atoms with Crippen LogP contribution in [0.2, 0.25) is 0 Å². The fraction of sp³-hybridized carbons (Fsp3) is 0.222. The molecule has 30 heavy (non-hydrogen) atoms. The Morgan fingerprint density at radius 3 is 2.90 bits per heavy atom. The summed E-state index contributed by atoms with van der Waals surface area (Å²) in [6.45, 7) is 1.14. The maximum absolute atomic E-state index is 13.0. The van der Waals surface area contributed by atoms with Gasteiger partial charge in [0, 0.05) is 12.8 Å². The van der Waals surface area contributed by atoms with Crippen LogP contribution in [0.1, 0.15) is 12.5 Å². The van der Waals surface area contributed by atoms with Crippen molar-refractivity contribution < 1.29 is 13.2 Å². The first-order valence-corrected chi connectivity index (χ1v) is 10.7. The highest BCUT2D eigenvalue weighted by atomic mass is 32.2. The van der Waals surface area contributed by atoms with Crippen molar-refractivity contribution in [2.24, 2.45) is 0 Å². The lowest BCUT2D eigenvalue weighted by Crippen LogP contribution is -2.15. The van der Waals surface area contributed by atoms with Crippen LogP contribution in [0.25, 0.3) is 16.7 Å². The normalized spacial score (nSPS) is 16.9. The van der Waals surface area contributed by atoms with Gasteiger partial charge in [0.1, 0.15) is 10.3 Å². The lowest BCUT2D eigenvalue weighted by atomic mass is 10.3. The van der Waals surface area contributed by atoms with E-state index in [1.807, 2.05) is 0 Å². The van der Waals surface area contributed by atoms with Crippen molar-refractivity contribution in [1.82, 2.24) is 29.5 Å². The molecule has 1 aromatic carbocycles. The number of hydrogen-bond acceptors (Lipinski definition) is 7. The van der Waals surface area contributed by atoms with Crippen LogP contribution in [0.3, 0.4) is 0 Å². The number of benzene rings is 1. The standard InChI is InChI=1S/C18H17N7O4S/c26-18-14-8-22-25(17(14)19-11-20-18)16-4-2-1-3-15(16)23-30(27,28)13-7-21-24(9-13)12-5-6-29-10-12/h1-4,7-9,11-12,23H,5-6,10H2,(H,19,20,26). The molecular formula is C18H17N7O4S. The average Bonchev–Trinajstić information content (AvgIpc) is 3.48. The lowest BCUT2D eigenvalue weighted by Gasteiger charge is -2.12. The number of fused-ring (bicyclic) bond motifs is 1. The molecule has 154 valence electrons. The van der Waals surface area contributed by atoms with Gasteiger partial charge >= 0.3 is 0 Å². The number of ether oxygens (including phenoxy) is 1. The van der Waals surface area contributed by atoms with Crippen LogP contribution < -0.4 is 10.3 Å². The number of H-pyrrole nitrogens is 1. The molecule has 4 aromatic rings. The fourth-order valence-corrected chi connectivity index (χ4v) is 4.38. The van der Waals surface area contributed by atoms with Gasteiger partial charge in [-0.25, -0.2) is 18.1 Å². The zero-order valence-electron chi connectivity index (χ0n) is 15.6. The molecule has 1 fully saturated rings. The number of sulfonamides is 1. The molecule has 2 N–H and O–H groups in total. The molecule has 1 atom stereocenters. The number of para-hydroxylation sites is 2. The van der Waals surface area contributed by atoms with E-state index in [2.05, 4.69) is 24.9 Å². The highest BCUT2D eigenvalue weighted by Crippen LogP contribution is 2.26. The molecule has 0 amide bonds. The van der Waals surface area contributed by atoms with Gasteiger partial charge in [0.2, 0.25) is 0 Å². The first-order chi connectivity index (χ1) is 14.5. The summed E-state index contributed by atoms with van der Waals surface area (Å²) in [6.07, 6.45) is 6.26. The predicted octanol–water partition coefficient (Wildman–Crippen LogP) is 1.07. The second-order valence-corrected chi connectivity index (χ2v) is 8.50. The van der Waals surface area contributed by atoms with Gasteiger partial charge in [0.25, 0.3) is 15.6 Å². The quantitative estimate of drug-likeness (QED) is 0.486. The molecule has 0 bridgehead atoms. The third-order valence-corrected chi connectivity index (χ3v) is 6.24. The second kappa shape index (κ2) is 7.07. The summed E-state index contributed by atoms with van der Waals surface area (Å²) in [5, 5.41) is 8.70. The van der Waals surface area contributed by atoms with Gasteiger partial charge in [0.05, 0.1) is 42.7 Å². The zero-order chi connectivity index (χ0) is 20.7. The summed E-state index contributed by atoms with van der Waals surface area (Å²) in [7, 11) is -3.90. The van der Waals surface area contributed by atoms with Gasteiger partial charge in [-0.3, -0.25) is 14.2 Å². The van der Waals surface area contributed by atoms with Crippen molar-refractivity contribution in [3.63, 3.8) is 0 Å². The summed E-state index contributed by atoms with van der Waals surface area (Å²) < 4.78 is 36.9. The van der Waals surface area contributed by atoms with E-state index >= 15 is 0 Å². The molecule has 0 saturated carbocycles. The maximum atomic E-state index is 13.0. The van der Waals surface area contributed by atoms with Crippen molar-refractivity contribution in [1.29, 1.82) is 0 Å². The number of rotatable bonds is 5. The Labute approximate surface area is 170 Å². The molecule has 12 heteroatoms. The molecule has 0 spiro atoms. The van der Waals surface area contributed by atoms with Crippen molar-refractivity contribution in [2.45, 2.75) is 17.4 Å². The monoisotopic (exact) mass is 427 g/mol. The Bertz CT molecular complexity index is 1380. The highest BCUT2D eigenvalue weighted by molar-refractivity contribution is 7.92. The lowest BCUT2D eigenvalue weighted by molar-refractivity contribution is 0.184. The first kappa shape index (κ1) is 18.5. The molecule has 3 aromatic heterocycles. The van der Waals surface area contributed by atoms with Crippen LogP contribution in [-0.2, 0) is 14.8 Å². The van der Waals surface area contributed by atoms with Crippen molar-refractivity contribution in [3.05, 3.63) is 59.5 Å². The maximum Gasteiger partial charge on any atom is 0.265 e. The van der Waals surface area contributed by atoms with Crippen LogP contribution >= 0.6 is 0 Å². The number of nitrogens with zero attached hydrogens (tertiary/aromatic N) is 5. The largest absolute Gasteiger partial charge is 0.379 e. The van der Waals surface area contributed by atoms with E-state index in [1.165, 1.54) is 29.6 Å². The van der Waals surface area contributed by atoms with E-state index in [4.69, 9.17) is 4.74 Å². The van der Waals surface area contributed by atoms with Crippen LogP contribution in [0.5, 0.6) is 0 Å². The zero-order valence-corrected chi connectivity index (χ0v) is 16.4. The number of aromatic nitrogens is 6. The summed E-state index contributed by atoms with van der Waals surface area (Å²) in [4.78, 5) is 18.7. The van der Waals surface area contributed by atoms with Gasteiger partial charge in [-0.05, 0) is 18.6 Å². The molecule has 0 aliphatic carbocycles. The molecule has 1 aliphatic heterocycles. The molecule has 1 aliphatic rings. The summed E-state index contributed by atoms with van der Waals surface area (Å²) >= 11 is 0. The van der Waals surface area contributed by atoms with Gasteiger partial charge in [-0.1, -0.05) is 12.1 Å². The van der Waals surface area contributed by atoms with Crippen molar-refractivity contribution in [2.75, 3.05) is 17.9 Å². The van der Waals surface area contributed by atoms with E-state index in [0.29, 0.717) is 35.6 Å². The minimum atomic E-state index is -3.90. The Morgan fingerprint density at radius 2 is 2.07 bits per heavy atom. The SMILES string of the molecule is O=c1[nH]cnc2c1cnn2-c1ccccc1NS(=O)(=O)c1cnn(C2CCOC2)c1. The number of nitrogens with one attached hydrogen (secondary N) is 2. The first-order valence-electron chi connectivity index (χ1n) is 9.18. The summed E-state index contributed by atoms with van der Waals surface area (Å²) in [5.74, 6) is 0. The van der Waals surface area contributed by atoms with E-state index in [0.717, 1.165) is 6.42 Å². The van der Waals surface area contributed by atoms with Gasteiger partial charge in [-0.2, -0.15) is 10.2 Å². The Kier molecular flexibility index (Phi) is 4.37. The molecule has 11 nitrogen and oxygen atoms in total. The average molecular weight is 427 g/mol. The third-order valence-electron chi connectivity index (χ3n) is 4.92. The van der Waals surface area contributed by atoms with Gasteiger partial charge < -0.3 is 9.72 Å². The van der Waals surface area contributed by atoms with Gasteiger partial charge in [-0.15, -0.1) is 0 Å². The van der Waals surface area contributed by atoms with Crippen LogP contribution in [0.4, 0.5) is 5.69 Å². The topological polar surface area (TPSA) is 137 Å². The van der Waals surface area contributed by atoms with Crippen LogP contribution in [0, 0.1) is 0 Å². The summed E-state index contributed by atoms with van der Waals surface area (Å²) in [5.41, 5.74) is 0.722. The highest BCUT2D eigenvalue weighted by Gasteiger charge is 2.23. The smallest absolute Gasteiger partial charge is 0.265 e. The van der Waals surface area contributed by atoms with Crippen molar-refractivity contribution in [3.8, 4) is 5.69 Å². The van der Waals surface area contributed by atoms with Crippen LogP contribution in [-0.4, -0.2) is 51.2 Å². The number of aromatic amines is 1. The fourth-order valence-electron chi connectivity index (χ4n) is 3.37. The molecule has 0 radical (unpaired) electrons. The molecule has 1 saturated heterocycles. The Morgan fingerprint density at radius 1 is 1.20 bits per heavy atom. The molecule has 4 heterocycles. The predicted molar refractivity (Wildman–Crippen MR) is 107 cm³/mol. The van der Waals surface area contributed by atoms with E-state index in [-0.39, 0.29) is 16.5 Å². The van der Waals surface area contributed by atoms with Crippen LogP contribution in [0.15, 0.2) is 58.9 Å². The van der Waals surface area contributed by atoms with E-state index in [9.17, 15) is 13.2 Å². The molecular weight excluding hydrogens is 410 g/mol. The van der Waals surface area contributed by atoms with Gasteiger partial charge in [0.15, 0.2) is 5.65 Å². The van der Waals surface area contributed by atoms with E-state index < -0.39 is 10.0 Å². The molecule has 1 unspecified atom stereocenters. The Balaban J connectivity index is 1.51.